The van der Waals surface area contributed by atoms with Crippen LogP contribution in [0.15, 0.2) is 23.2 Å². The highest BCUT2D eigenvalue weighted by atomic mass is 32.2. The zero-order valence-corrected chi connectivity index (χ0v) is 16.6. The summed E-state index contributed by atoms with van der Waals surface area (Å²) in [7, 11) is -3.29. The van der Waals surface area contributed by atoms with E-state index in [1.165, 1.54) is 18.2 Å². The van der Waals surface area contributed by atoms with Gasteiger partial charge in [0.1, 0.15) is 12.4 Å². The number of rotatable bonds is 10. The van der Waals surface area contributed by atoms with Crippen molar-refractivity contribution >= 4 is 15.8 Å². The standard InChI is InChI=1S/C17H25F4N3O3S/c1-3-22-16(23-7-4-8-27-12-17(19,20)21)24-10-14-9-15(18)6-5-13(14)11-28(2,25)26/h5-6,9H,3-4,7-8,10-12H2,1-2H3,(H2,22,23,24). The molecule has 0 heterocycles. The number of sulfone groups is 1. The van der Waals surface area contributed by atoms with Crippen molar-refractivity contribution in [1.29, 1.82) is 0 Å². The summed E-state index contributed by atoms with van der Waals surface area (Å²) in [6, 6.07) is 3.84. The van der Waals surface area contributed by atoms with Crippen LogP contribution in [-0.2, 0) is 26.9 Å². The van der Waals surface area contributed by atoms with E-state index in [9.17, 15) is 26.0 Å². The molecule has 0 aliphatic carbocycles. The summed E-state index contributed by atoms with van der Waals surface area (Å²) in [5.74, 6) is -0.339. The molecule has 0 atom stereocenters. The molecule has 0 spiro atoms. The topological polar surface area (TPSA) is 79.8 Å². The maximum Gasteiger partial charge on any atom is 0.411 e. The van der Waals surface area contributed by atoms with E-state index in [4.69, 9.17) is 0 Å². The van der Waals surface area contributed by atoms with E-state index >= 15 is 0 Å². The highest BCUT2D eigenvalue weighted by Crippen LogP contribution is 2.16. The lowest BCUT2D eigenvalue weighted by Crippen LogP contribution is -2.38. The molecule has 1 aromatic carbocycles. The Morgan fingerprint density at radius 1 is 1.21 bits per heavy atom. The molecule has 160 valence electrons. The highest BCUT2D eigenvalue weighted by molar-refractivity contribution is 7.89. The van der Waals surface area contributed by atoms with E-state index in [1.54, 1.807) is 0 Å². The molecule has 0 aliphatic rings. The molecular weight excluding hydrogens is 402 g/mol. The second kappa shape index (κ2) is 11.2. The Morgan fingerprint density at radius 2 is 1.93 bits per heavy atom. The minimum absolute atomic E-state index is 0.0442. The molecule has 0 radical (unpaired) electrons. The molecule has 0 bridgehead atoms. The molecule has 0 unspecified atom stereocenters. The van der Waals surface area contributed by atoms with Gasteiger partial charge < -0.3 is 15.4 Å². The third kappa shape index (κ3) is 11.1. The van der Waals surface area contributed by atoms with Crippen LogP contribution >= 0.6 is 0 Å². The Balaban J connectivity index is 2.65. The average Bonchev–Trinajstić information content (AvgIpc) is 2.55. The van der Waals surface area contributed by atoms with Crippen molar-refractivity contribution in [2.45, 2.75) is 31.8 Å². The number of halogens is 4. The number of ether oxygens (including phenoxy) is 1. The quantitative estimate of drug-likeness (QED) is 0.259. The van der Waals surface area contributed by atoms with Crippen molar-refractivity contribution in [2.75, 3.05) is 32.6 Å². The molecule has 11 heteroatoms. The van der Waals surface area contributed by atoms with Gasteiger partial charge in [-0.15, -0.1) is 0 Å². The first-order valence-corrected chi connectivity index (χ1v) is 10.7. The Labute approximate surface area is 162 Å². The lowest BCUT2D eigenvalue weighted by atomic mass is 10.1. The fraction of sp³-hybridized carbons (Fsp3) is 0.588. The van der Waals surface area contributed by atoms with Gasteiger partial charge in [-0.25, -0.2) is 17.8 Å². The third-order valence-electron chi connectivity index (χ3n) is 3.36. The van der Waals surface area contributed by atoms with Crippen LogP contribution in [0.3, 0.4) is 0 Å². The van der Waals surface area contributed by atoms with Crippen LogP contribution in [0.2, 0.25) is 0 Å². The molecule has 0 aromatic heterocycles. The predicted octanol–water partition coefficient (Wildman–Crippen LogP) is 2.39. The molecule has 0 fully saturated rings. The summed E-state index contributed by atoms with van der Waals surface area (Å²) in [5.41, 5.74) is 0.903. The highest BCUT2D eigenvalue weighted by Gasteiger charge is 2.27. The largest absolute Gasteiger partial charge is 0.411 e. The normalized spacial score (nSPS) is 12.9. The van der Waals surface area contributed by atoms with Crippen molar-refractivity contribution in [1.82, 2.24) is 10.6 Å². The Hall–Kier alpha value is -1.88. The first-order chi connectivity index (χ1) is 13.0. The smallest absolute Gasteiger partial charge is 0.372 e. The van der Waals surface area contributed by atoms with Crippen molar-refractivity contribution in [3.05, 3.63) is 35.1 Å². The second-order valence-electron chi connectivity index (χ2n) is 6.13. The van der Waals surface area contributed by atoms with Gasteiger partial charge in [-0.3, -0.25) is 0 Å². The van der Waals surface area contributed by atoms with Gasteiger partial charge in [-0.05, 0) is 36.6 Å². The van der Waals surface area contributed by atoms with E-state index in [0.717, 1.165) is 6.26 Å². The molecule has 1 aromatic rings. The first-order valence-electron chi connectivity index (χ1n) is 8.62. The van der Waals surface area contributed by atoms with Crippen LogP contribution in [0.25, 0.3) is 0 Å². The third-order valence-corrected chi connectivity index (χ3v) is 4.20. The molecule has 0 aliphatic heterocycles. The second-order valence-corrected chi connectivity index (χ2v) is 8.27. The van der Waals surface area contributed by atoms with E-state index in [2.05, 4.69) is 20.4 Å². The maximum atomic E-state index is 13.5. The number of benzene rings is 1. The van der Waals surface area contributed by atoms with Gasteiger partial charge in [-0.1, -0.05) is 6.07 Å². The van der Waals surface area contributed by atoms with Gasteiger partial charge in [0.15, 0.2) is 15.8 Å². The molecule has 28 heavy (non-hydrogen) atoms. The SMILES string of the molecule is CCNC(=NCc1cc(F)ccc1CS(C)(=O)=O)NCCCOCC(F)(F)F. The summed E-state index contributed by atoms with van der Waals surface area (Å²) in [6.07, 6.45) is -2.92. The number of guanidine groups is 1. The number of alkyl halides is 3. The monoisotopic (exact) mass is 427 g/mol. The summed E-state index contributed by atoms with van der Waals surface area (Å²) in [4.78, 5) is 4.28. The van der Waals surface area contributed by atoms with Crippen LogP contribution in [-0.4, -0.2) is 53.1 Å². The lowest BCUT2D eigenvalue weighted by Gasteiger charge is -2.13. The van der Waals surface area contributed by atoms with Gasteiger partial charge in [0.05, 0.1) is 12.3 Å². The van der Waals surface area contributed by atoms with E-state index < -0.39 is 28.4 Å². The number of hydrogen-bond acceptors (Lipinski definition) is 4. The summed E-state index contributed by atoms with van der Waals surface area (Å²) in [5, 5.41) is 5.89. The van der Waals surface area contributed by atoms with Crippen LogP contribution in [0.4, 0.5) is 17.6 Å². The number of hydrogen-bond donors (Lipinski definition) is 2. The minimum atomic E-state index is -4.35. The van der Waals surface area contributed by atoms with Crippen LogP contribution in [0, 0.1) is 5.82 Å². The van der Waals surface area contributed by atoms with Gasteiger partial charge >= 0.3 is 6.18 Å². The Kier molecular flexibility index (Phi) is 9.66. The number of nitrogens with zero attached hydrogens (tertiary/aromatic N) is 1. The van der Waals surface area contributed by atoms with Crippen molar-refractivity contribution in [3.8, 4) is 0 Å². The molecule has 6 nitrogen and oxygen atoms in total. The molecular formula is C17H25F4N3O3S. The Morgan fingerprint density at radius 3 is 2.54 bits per heavy atom. The minimum Gasteiger partial charge on any atom is -0.372 e. The fourth-order valence-corrected chi connectivity index (χ4v) is 3.09. The number of aliphatic imine (C=N–C) groups is 1. The van der Waals surface area contributed by atoms with Crippen molar-refractivity contribution < 1.29 is 30.7 Å². The molecule has 2 N–H and O–H groups in total. The summed E-state index contributed by atoms with van der Waals surface area (Å²) in [6.45, 7) is 1.39. The average molecular weight is 427 g/mol. The molecule has 0 amide bonds. The summed E-state index contributed by atoms with van der Waals surface area (Å²) >= 11 is 0. The Bertz CT molecular complexity index is 753. The van der Waals surface area contributed by atoms with Gasteiger partial charge in [-0.2, -0.15) is 13.2 Å². The summed E-state index contributed by atoms with van der Waals surface area (Å²) < 4.78 is 77.1. The molecule has 0 saturated heterocycles. The van der Waals surface area contributed by atoms with Gasteiger partial charge in [0, 0.05) is 26.0 Å². The molecule has 0 saturated carbocycles. The zero-order valence-electron chi connectivity index (χ0n) is 15.8. The zero-order chi connectivity index (χ0) is 21.2. The van der Waals surface area contributed by atoms with E-state index in [1.807, 2.05) is 6.92 Å². The van der Waals surface area contributed by atoms with Gasteiger partial charge in [0.2, 0.25) is 0 Å². The first kappa shape index (κ1) is 24.2. The maximum absolute atomic E-state index is 13.5. The number of nitrogens with one attached hydrogen (secondary N) is 2. The lowest BCUT2D eigenvalue weighted by molar-refractivity contribution is -0.173. The van der Waals surface area contributed by atoms with Crippen molar-refractivity contribution in [3.63, 3.8) is 0 Å². The van der Waals surface area contributed by atoms with Crippen LogP contribution < -0.4 is 10.6 Å². The fourth-order valence-electron chi connectivity index (χ4n) is 2.24. The van der Waals surface area contributed by atoms with Gasteiger partial charge in [0.25, 0.3) is 0 Å². The van der Waals surface area contributed by atoms with E-state index in [-0.39, 0.29) is 18.9 Å². The molecule has 1 rings (SSSR count). The van der Waals surface area contributed by atoms with Crippen LogP contribution in [0.1, 0.15) is 24.5 Å². The van der Waals surface area contributed by atoms with Crippen molar-refractivity contribution in [2.24, 2.45) is 4.99 Å². The van der Waals surface area contributed by atoms with Crippen LogP contribution in [0.5, 0.6) is 0 Å². The van der Waals surface area contributed by atoms with E-state index in [0.29, 0.717) is 36.6 Å². The predicted molar refractivity (Wildman–Crippen MR) is 99.3 cm³/mol.